The lowest BCUT2D eigenvalue weighted by Gasteiger charge is -2.37. The summed E-state index contributed by atoms with van der Waals surface area (Å²) < 4.78 is 1.15. The van der Waals surface area contributed by atoms with Gasteiger partial charge >= 0.3 is 0 Å². The fourth-order valence-corrected chi connectivity index (χ4v) is 2.54. The molecule has 0 aromatic heterocycles. The first kappa shape index (κ1) is 13.1. The average molecular weight is 364 g/mol. The van der Waals surface area contributed by atoms with Crippen molar-refractivity contribution in [2.45, 2.75) is 25.3 Å². The molecule has 1 fully saturated rings. The second-order valence-corrected chi connectivity index (χ2v) is 5.90. The number of carbonyl (C=O) groups is 1. The molecule has 1 aromatic carbocycles. The lowest BCUT2D eigenvalue weighted by atomic mass is 9.91. The van der Waals surface area contributed by atoms with E-state index in [-0.39, 0.29) is 5.91 Å². The van der Waals surface area contributed by atoms with E-state index in [2.05, 4.69) is 22.6 Å². The van der Waals surface area contributed by atoms with Crippen molar-refractivity contribution in [2.24, 2.45) is 0 Å². The molecule has 0 aliphatic heterocycles. The summed E-state index contributed by atoms with van der Waals surface area (Å²) in [5, 5.41) is 0. The highest BCUT2D eigenvalue weighted by Gasteiger charge is 2.28. The van der Waals surface area contributed by atoms with E-state index in [9.17, 15) is 4.79 Å². The summed E-state index contributed by atoms with van der Waals surface area (Å²) in [6.45, 7) is 0.650. The smallest absolute Gasteiger partial charge is 0.254 e. The predicted molar refractivity (Wildman–Crippen MR) is 78.6 cm³/mol. The molecule has 0 radical (unpaired) electrons. The Hall–Kier alpha value is -0.290. The highest BCUT2D eigenvalue weighted by Crippen LogP contribution is 2.26. The van der Waals surface area contributed by atoms with Gasteiger partial charge in [0, 0.05) is 27.6 Å². The van der Waals surface area contributed by atoms with E-state index in [4.69, 9.17) is 11.6 Å². The van der Waals surface area contributed by atoms with Gasteiger partial charge in [0.1, 0.15) is 0 Å². The molecule has 1 saturated carbocycles. The van der Waals surface area contributed by atoms with Gasteiger partial charge in [0.25, 0.3) is 5.91 Å². The Morgan fingerprint density at radius 3 is 2.47 bits per heavy atom. The van der Waals surface area contributed by atoms with E-state index in [0.717, 1.165) is 22.0 Å². The molecule has 0 saturated heterocycles. The first-order valence-electron chi connectivity index (χ1n) is 5.85. The normalized spacial score (nSPS) is 15.4. The van der Waals surface area contributed by atoms with Crippen LogP contribution in [-0.2, 0) is 0 Å². The maximum absolute atomic E-state index is 12.3. The Balaban J connectivity index is 2.12. The average Bonchev–Trinajstić information content (AvgIpc) is 2.26. The predicted octanol–water partition coefficient (Wildman–Crippen LogP) is 3.52. The van der Waals surface area contributed by atoms with Gasteiger partial charge in [0.15, 0.2) is 0 Å². The van der Waals surface area contributed by atoms with E-state index >= 15 is 0 Å². The molecule has 0 bridgehead atoms. The molecular formula is C13H15ClINO. The van der Waals surface area contributed by atoms with Crippen molar-refractivity contribution < 1.29 is 4.79 Å². The van der Waals surface area contributed by atoms with Crippen LogP contribution in [0, 0.1) is 3.57 Å². The van der Waals surface area contributed by atoms with Crippen LogP contribution in [0.5, 0.6) is 0 Å². The Morgan fingerprint density at radius 1 is 1.35 bits per heavy atom. The third-order valence-electron chi connectivity index (χ3n) is 3.19. The van der Waals surface area contributed by atoms with Gasteiger partial charge in [-0.2, -0.15) is 0 Å². The summed E-state index contributed by atoms with van der Waals surface area (Å²) in [7, 11) is 0. The van der Waals surface area contributed by atoms with Crippen LogP contribution in [0.25, 0.3) is 0 Å². The second-order valence-electron chi connectivity index (χ2n) is 4.28. The molecule has 92 valence electrons. The number of benzene rings is 1. The Kier molecular flexibility index (Phi) is 4.68. The minimum Gasteiger partial charge on any atom is -0.334 e. The van der Waals surface area contributed by atoms with Crippen LogP contribution in [0.4, 0.5) is 0 Å². The van der Waals surface area contributed by atoms with Crippen molar-refractivity contribution in [3.05, 3.63) is 33.4 Å². The number of nitrogens with zero attached hydrogens (tertiary/aromatic N) is 1. The standard InChI is InChI=1S/C13H15ClINO/c14-8-9-16(12-2-1-3-12)13(17)10-4-6-11(15)7-5-10/h4-7,12H,1-3,8-9H2. The summed E-state index contributed by atoms with van der Waals surface area (Å²) >= 11 is 8.02. The van der Waals surface area contributed by atoms with Crippen molar-refractivity contribution in [2.75, 3.05) is 12.4 Å². The maximum Gasteiger partial charge on any atom is 0.254 e. The molecule has 0 N–H and O–H groups in total. The Bertz CT molecular complexity index is 389. The summed E-state index contributed by atoms with van der Waals surface area (Å²) in [5.74, 6) is 0.624. The van der Waals surface area contributed by atoms with E-state index in [0.29, 0.717) is 18.5 Å². The fourth-order valence-electron chi connectivity index (χ4n) is 2.00. The largest absolute Gasteiger partial charge is 0.334 e. The zero-order valence-corrected chi connectivity index (χ0v) is 12.4. The Labute approximate surface area is 120 Å². The molecule has 0 unspecified atom stereocenters. The van der Waals surface area contributed by atoms with Crippen molar-refractivity contribution >= 4 is 40.1 Å². The van der Waals surface area contributed by atoms with E-state index in [1.807, 2.05) is 29.2 Å². The molecule has 0 heterocycles. The molecule has 2 rings (SSSR count). The highest BCUT2D eigenvalue weighted by atomic mass is 127. The minimum atomic E-state index is 0.117. The summed E-state index contributed by atoms with van der Waals surface area (Å²) in [4.78, 5) is 14.3. The summed E-state index contributed by atoms with van der Waals surface area (Å²) in [5.41, 5.74) is 0.766. The van der Waals surface area contributed by atoms with Gasteiger partial charge in [0.05, 0.1) is 0 Å². The lowest BCUT2D eigenvalue weighted by Crippen LogP contribution is -2.45. The number of alkyl halides is 1. The van der Waals surface area contributed by atoms with Gasteiger partial charge in [-0.15, -0.1) is 11.6 Å². The van der Waals surface area contributed by atoms with Gasteiger partial charge < -0.3 is 4.90 Å². The maximum atomic E-state index is 12.3. The zero-order chi connectivity index (χ0) is 12.3. The highest BCUT2D eigenvalue weighted by molar-refractivity contribution is 14.1. The fraction of sp³-hybridized carbons (Fsp3) is 0.462. The number of amides is 1. The number of rotatable bonds is 4. The molecule has 1 amide bonds. The Morgan fingerprint density at radius 2 is 2.00 bits per heavy atom. The van der Waals surface area contributed by atoms with Crippen LogP contribution in [0.3, 0.4) is 0 Å². The van der Waals surface area contributed by atoms with Gasteiger partial charge in [-0.05, 0) is 66.1 Å². The minimum absolute atomic E-state index is 0.117. The summed E-state index contributed by atoms with van der Waals surface area (Å²) in [6.07, 6.45) is 3.46. The number of hydrogen-bond acceptors (Lipinski definition) is 1. The number of hydrogen-bond donors (Lipinski definition) is 0. The third-order valence-corrected chi connectivity index (χ3v) is 4.08. The monoisotopic (exact) mass is 363 g/mol. The van der Waals surface area contributed by atoms with E-state index < -0.39 is 0 Å². The van der Waals surface area contributed by atoms with Crippen LogP contribution >= 0.6 is 34.2 Å². The molecular weight excluding hydrogens is 349 g/mol. The van der Waals surface area contributed by atoms with Crippen molar-refractivity contribution in [1.82, 2.24) is 4.90 Å². The van der Waals surface area contributed by atoms with Crippen LogP contribution in [0.2, 0.25) is 0 Å². The lowest BCUT2D eigenvalue weighted by molar-refractivity contribution is 0.0598. The van der Waals surface area contributed by atoms with Crippen molar-refractivity contribution in [3.63, 3.8) is 0 Å². The third kappa shape index (κ3) is 3.13. The summed E-state index contributed by atoms with van der Waals surface area (Å²) in [6, 6.07) is 8.12. The quantitative estimate of drug-likeness (QED) is 0.592. The zero-order valence-electron chi connectivity index (χ0n) is 9.53. The van der Waals surface area contributed by atoms with Gasteiger partial charge in [0.2, 0.25) is 0 Å². The molecule has 4 heteroatoms. The van der Waals surface area contributed by atoms with E-state index in [1.165, 1.54) is 6.42 Å². The molecule has 17 heavy (non-hydrogen) atoms. The van der Waals surface area contributed by atoms with Gasteiger partial charge in [-0.1, -0.05) is 0 Å². The first-order chi connectivity index (χ1) is 8.22. The molecule has 0 atom stereocenters. The van der Waals surface area contributed by atoms with Crippen molar-refractivity contribution in [1.29, 1.82) is 0 Å². The molecule has 1 aliphatic rings. The van der Waals surface area contributed by atoms with E-state index in [1.54, 1.807) is 0 Å². The molecule has 0 spiro atoms. The van der Waals surface area contributed by atoms with Crippen LogP contribution < -0.4 is 0 Å². The SMILES string of the molecule is O=C(c1ccc(I)cc1)N(CCCl)C1CCC1. The second kappa shape index (κ2) is 6.05. The number of halogens is 2. The first-order valence-corrected chi connectivity index (χ1v) is 7.46. The molecule has 1 aromatic rings. The molecule has 1 aliphatic carbocycles. The molecule has 2 nitrogen and oxygen atoms in total. The topological polar surface area (TPSA) is 20.3 Å². The van der Waals surface area contributed by atoms with Crippen LogP contribution in [0.15, 0.2) is 24.3 Å². The van der Waals surface area contributed by atoms with Crippen molar-refractivity contribution in [3.8, 4) is 0 Å². The van der Waals surface area contributed by atoms with Crippen LogP contribution in [-0.4, -0.2) is 29.3 Å². The van der Waals surface area contributed by atoms with Crippen LogP contribution in [0.1, 0.15) is 29.6 Å². The van der Waals surface area contributed by atoms with Gasteiger partial charge in [-0.3, -0.25) is 4.79 Å². The van der Waals surface area contributed by atoms with Gasteiger partial charge in [-0.25, -0.2) is 0 Å². The number of carbonyl (C=O) groups excluding carboxylic acids is 1.